The number of hydrogen-bond acceptors (Lipinski definition) is 6. The molecule has 0 bridgehead atoms. The van der Waals surface area contributed by atoms with E-state index in [0.717, 1.165) is 22.8 Å². The molecule has 2 saturated heterocycles. The summed E-state index contributed by atoms with van der Waals surface area (Å²) in [6, 6.07) is 3.80. The molecule has 2 aliphatic heterocycles. The third kappa shape index (κ3) is 3.31. The van der Waals surface area contributed by atoms with Gasteiger partial charge in [0.25, 0.3) is 0 Å². The van der Waals surface area contributed by atoms with Crippen LogP contribution in [-0.4, -0.2) is 70.5 Å². The molecule has 3 aliphatic rings. The fourth-order valence-electron chi connectivity index (χ4n) is 4.66. The van der Waals surface area contributed by atoms with Crippen LogP contribution >= 0.6 is 0 Å². The van der Waals surface area contributed by atoms with E-state index in [-0.39, 0.29) is 23.5 Å². The Morgan fingerprint density at radius 1 is 1.17 bits per heavy atom. The number of nitrogens with zero attached hydrogens (tertiary/aromatic N) is 5. The van der Waals surface area contributed by atoms with E-state index in [0.29, 0.717) is 52.2 Å². The minimum absolute atomic E-state index is 0.0169. The van der Waals surface area contributed by atoms with Crippen molar-refractivity contribution in [1.29, 1.82) is 0 Å². The van der Waals surface area contributed by atoms with E-state index in [1.165, 1.54) is 0 Å². The molecule has 1 amide bonds. The molecule has 2 aromatic rings. The lowest BCUT2D eigenvalue weighted by atomic mass is 9.92. The second-order valence-corrected chi connectivity index (χ2v) is 8.11. The number of ketones is 1. The van der Waals surface area contributed by atoms with Gasteiger partial charge in [0.1, 0.15) is 5.82 Å². The monoisotopic (exact) mass is 395 g/mol. The molecular formula is C21H25N5O3. The number of amides is 1. The highest BCUT2D eigenvalue weighted by molar-refractivity contribution is 6.00. The molecule has 0 aromatic carbocycles. The highest BCUT2D eigenvalue weighted by atomic mass is 16.5. The number of ether oxygens (including phenoxy) is 1. The van der Waals surface area contributed by atoms with Gasteiger partial charge in [-0.2, -0.15) is 0 Å². The zero-order valence-electron chi connectivity index (χ0n) is 16.6. The minimum Gasteiger partial charge on any atom is -0.378 e. The number of aromatic nitrogens is 3. The predicted octanol–water partition coefficient (Wildman–Crippen LogP) is 1.02. The zero-order valence-corrected chi connectivity index (χ0v) is 16.6. The van der Waals surface area contributed by atoms with Crippen molar-refractivity contribution in [2.75, 3.05) is 44.3 Å². The Kier molecular flexibility index (Phi) is 4.58. The van der Waals surface area contributed by atoms with Gasteiger partial charge >= 0.3 is 0 Å². The van der Waals surface area contributed by atoms with Gasteiger partial charge in [0.05, 0.1) is 36.8 Å². The van der Waals surface area contributed by atoms with Crippen molar-refractivity contribution in [3.8, 4) is 0 Å². The first-order chi connectivity index (χ1) is 14.1. The first-order valence-corrected chi connectivity index (χ1v) is 10.2. The van der Waals surface area contributed by atoms with Crippen molar-refractivity contribution >= 4 is 17.5 Å². The molecule has 29 heavy (non-hydrogen) atoms. The van der Waals surface area contributed by atoms with Crippen LogP contribution in [0.15, 0.2) is 24.7 Å². The number of hydrogen-bond donors (Lipinski definition) is 0. The van der Waals surface area contributed by atoms with Crippen LogP contribution in [0.1, 0.15) is 34.1 Å². The van der Waals surface area contributed by atoms with Crippen molar-refractivity contribution in [3.63, 3.8) is 0 Å². The molecule has 2 aromatic heterocycles. The molecule has 4 heterocycles. The maximum atomic E-state index is 13.3. The van der Waals surface area contributed by atoms with E-state index in [2.05, 4.69) is 9.88 Å². The van der Waals surface area contributed by atoms with Gasteiger partial charge in [-0.05, 0) is 18.6 Å². The Balaban J connectivity index is 1.43. The summed E-state index contributed by atoms with van der Waals surface area (Å²) in [5.74, 6) is 1.04. The second kappa shape index (κ2) is 7.26. The molecule has 2 fully saturated rings. The smallest absolute Gasteiger partial charge is 0.228 e. The Morgan fingerprint density at radius 2 is 2.00 bits per heavy atom. The quantitative estimate of drug-likeness (QED) is 0.772. The summed E-state index contributed by atoms with van der Waals surface area (Å²) < 4.78 is 7.34. The van der Waals surface area contributed by atoms with Gasteiger partial charge in [-0.15, -0.1) is 0 Å². The van der Waals surface area contributed by atoms with Crippen LogP contribution < -0.4 is 4.90 Å². The van der Waals surface area contributed by atoms with Gasteiger partial charge in [0.15, 0.2) is 5.78 Å². The molecule has 0 unspecified atom stereocenters. The van der Waals surface area contributed by atoms with Crippen molar-refractivity contribution < 1.29 is 14.3 Å². The Morgan fingerprint density at radius 3 is 2.76 bits per heavy atom. The molecular weight excluding hydrogens is 370 g/mol. The lowest BCUT2D eigenvalue weighted by molar-refractivity contribution is -0.139. The average Bonchev–Trinajstić information content (AvgIpc) is 3.46. The predicted molar refractivity (Wildman–Crippen MR) is 106 cm³/mol. The van der Waals surface area contributed by atoms with E-state index < -0.39 is 0 Å². The molecule has 1 aliphatic carbocycles. The Labute approximate surface area is 169 Å². The van der Waals surface area contributed by atoms with Crippen LogP contribution in [0.5, 0.6) is 0 Å². The lowest BCUT2D eigenvalue weighted by Crippen LogP contribution is -2.45. The third-order valence-electron chi connectivity index (χ3n) is 6.24. The summed E-state index contributed by atoms with van der Waals surface area (Å²) in [6.07, 6.45) is 5.03. The van der Waals surface area contributed by atoms with Crippen LogP contribution in [0, 0.1) is 5.92 Å². The molecule has 8 nitrogen and oxygen atoms in total. The highest BCUT2D eigenvalue weighted by Gasteiger charge is 2.42. The molecule has 152 valence electrons. The number of pyridine rings is 1. The van der Waals surface area contributed by atoms with E-state index in [4.69, 9.17) is 9.72 Å². The van der Waals surface area contributed by atoms with Gasteiger partial charge < -0.3 is 19.1 Å². The summed E-state index contributed by atoms with van der Waals surface area (Å²) in [5.41, 5.74) is 2.57. The number of fused-ring (bicyclic) bond motifs is 1. The number of aryl methyl sites for hydroxylation is 2. The number of morpholine rings is 1. The lowest BCUT2D eigenvalue weighted by Gasteiger charge is -2.30. The number of Topliss-reactive ketones (excluding diaryl/α,β-unsaturated/α-hetero) is 1. The molecule has 5 rings (SSSR count). The Bertz CT molecular complexity index is 950. The first-order valence-electron chi connectivity index (χ1n) is 10.2. The van der Waals surface area contributed by atoms with Crippen LogP contribution in [0.2, 0.25) is 0 Å². The van der Waals surface area contributed by atoms with Crippen molar-refractivity contribution in [1.82, 2.24) is 19.4 Å². The van der Waals surface area contributed by atoms with Gasteiger partial charge in [-0.3, -0.25) is 9.59 Å². The van der Waals surface area contributed by atoms with E-state index in [9.17, 15) is 9.59 Å². The standard InChI is InChI=1S/C21H25N5O3/c1-24-12-18(22-13-24)15-10-26(11-16(15)21(28)25-6-8-29-9-7-25)20-5-2-14-17(23-20)3-4-19(14)27/h2,5,12-13,15-16H,3-4,6-11H2,1H3/t15-,16-/m1/s1. The van der Waals surface area contributed by atoms with Crippen molar-refractivity contribution in [3.05, 3.63) is 41.6 Å². The van der Waals surface area contributed by atoms with Crippen molar-refractivity contribution in [2.24, 2.45) is 13.0 Å². The summed E-state index contributed by atoms with van der Waals surface area (Å²) in [4.78, 5) is 38.7. The molecule has 0 radical (unpaired) electrons. The van der Waals surface area contributed by atoms with E-state index in [1.807, 2.05) is 34.8 Å². The second-order valence-electron chi connectivity index (χ2n) is 8.11. The number of carbonyl (C=O) groups is 2. The van der Waals surface area contributed by atoms with Gasteiger partial charge in [-0.25, -0.2) is 9.97 Å². The molecule has 8 heteroatoms. The number of anilines is 1. The highest BCUT2D eigenvalue weighted by Crippen LogP contribution is 2.36. The number of rotatable bonds is 3. The maximum Gasteiger partial charge on any atom is 0.228 e. The summed E-state index contributed by atoms with van der Waals surface area (Å²) in [7, 11) is 1.95. The van der Waals surface area contributed by atoms with Crippen molar-refractivity contribution in [2.45, 2.75) is 18.8 Å². The number of carbonyl (C=O) groups excluding carboxylic acids is 2. The van der Waals surface area contributed by atoms with Gasteiger partial charge in [0, 0.05) is 57.3 Å². The average molecular weight is 395 g/mol. The summed E-state index contributed by atoms with van der Waals surface area (Å²) in [5, 5.41) is 0. The van der Waals surface area contributed by atoms with Crippen LogP contribution in [0.3, 0.4) is 0 Å². The molecule has 0 N–H and O–H groups in total. The largest absolute Gasteiger partial charge is 0.378 e. The van der Waals surface area contributed by atoms with E-state index in [1.54, 1.807) is 6.33 Å². The third-order valence-corrected chi connectivity index (χ3v) is 6.24. The van der Waals surface area contributed by atoms with Gasteiger partial charge in [0.2, 0.25) is 5.91 Å². The molecule has 0 spiro atoms. The zero-order chi connectivity index (χ0) is 20.0. The number of imidazole rings is 1. The summed E-state index contributed by atoms with van der Waals surface area (Å²) >= 11 is 0. The fourth-order valence-corrected chi connectivity index (χ4v) is 4.66. The van der Waals surface area contributed by atoms with Crippen LogP contribution in [-0.2, 0) is 23.0 Å². The van der Waals surface area contributed by atoms with E-state index >= 15 is 0 Å². The van der Waals surface area contributed by atoms with Crippen LogP contribution in [0.25, 0.3) is 0 Å². The van der Waals surface area contributed by atoms with Gasteiger partial charge in [-0.1, -0.05) is 0 Å². The Hall–Kier alpha value is -2.74. The maximum absolute atomic E-state index is 13.3. The summed E-state index contributed by atoms with van der Waals surface area (Å²) in [6.45, 7) is 3.77. The fraction of sp³-hybridized carbons (Fsp3) is 0.524. The van der Waals surface area contributed by atoms with Crippen LogP contribution in [0.4, 0.5) is 5.82 Å². The molecule has 2 atom stereocenters. The minimum atomic E-state index is -0.167. The topological polar surface area (TPSA) is 80.6 Å². The SMILES string of the molecule is Cn1cnc([C@@H]2CN(c3ccc4c(n3)CCC4=O)C[C@H]2C(=O)N2CCOCC2)c1. The molecule has 0 saturated carbocycles. The first kappa shape index (κ1) is 18.3. The normalized spacial score (nSPS) is 24.2.